The lowest BCUT2D eigenvalue weighted by Crippen LogP contribution is -2.57. The number of furan rings is 1. The molecule has 0 aliphatic carbocycles. The fourth-order valence-corrected chi connectivity index (χ4v) is 5.37. The Morgan fingerprint density at radius 1 is 1.08 bits per heavy atom. The molecule has 4 heterocycles. The molecule has 1 N–H and O–H groups in total. The van der Waals surface area contributed by atoms with Crippen LogP contribution in [0.5, 0.6) is 0 Å². The Morgan fingerprint density at radius 2 is 1.89 bits per heavy atom. The Labute approximate surface area is 207 Å². The molecule has 0 radical (unpaired) electrons. The summed E-state index contributed by atoms with van der Waals surface area (Å²) in [5, 5.41) is 2.50. The number of fused-ring (bicyclic) bond motifs is 1. The molecule has 0 bridgehead atoms. The van der Waals surface area contributed by atoms with Crippen molar-refractivity contribution in [3.63, 3.8) is 0 Å². The van der Waals surface area contributed by atoms with E-state index in [4.69, 9.17) is 4.42 Å². The van der Waals surface area contributed by atoms with Gasteiger partial charge in [0.25, 0.3) is 10.0 Å². The van der Waals surface area contributed by atoms with Crippen LogP contribution in [0.25, 0.3) is 22.4 Å². The van der Waals surface area contributed by atoms with Crippen molar-refractivity contribution >= 4 is 26.9 Å². The van der Waals surface area contributed by atoms with Crippen LogP contribution in [0.1, 0.15) is 17.7 Å². The van der Waals surface area contributed by atoms with Crippen LogP contribution in [0.2, 0.25) is 0 Å². The van der Waals surface area contributed by atoms with E-state index >= 15 is 0 Å². The average Bonchev–Trinajstić information content (AvgIpc) is 3.26. The molecule has 0 unspecified atom stereocenters. The summed E-state index contributed by atoms with van der Waals surface area (Å²) in [4.78, 5) is 24.6. The van der Waals surface area contributed by atoms with Gasteiger partial charge in [0.05, 0.1) is 29.2 Å². The van der Waals surface area contributed by atoms with Gasteiger partial charge in [-0.15, -0.1) is 0 Å². The lowest BCUT2D eigenvalue weighted by Gasteiger charge is -2.37. The number of halogens is 4. The summed E-state index contributed by atoms with van der Waals surface area (Å²) in [6.45, 7) is 0.0202. The van der Waals surface area contributed by atoms with Crippen LogP contribution < -0.4 is 5.32 Å². The molecule has 4 aromatic rings. The molecule has 1 aromatic carbocycles. The van der Waals surface area contributed by atoms with Gasteiger partial charge < -0.3 is 9.73 Å². The maximum atomic E-state index is 13.4. The fourth-order valence-electron chi connectivity index (χ4n) is 3.79. The quantitative estimate of drug-likeness (QED) is 0.376. The van der Waals surface area contributed by atoms with E-state index in [0.29, 0.717) is 11.9 Å². The Morgan fingerprint density at radius 3 is 2.57 bits per heavy atom. The number of rotatable bonds is 6. The van der Waals surface area contributed by atoms with Crippen molar-refractivity contribution in [1.29, 1.82) is 0 Å². The Bertz CT molecular complexity index is 1590. The number of carbonyl (C=O) groups excluding carboxylic acids is 1. The number of alkyl halides is 3. The highest BCUT2D eigenvalue weighted by molar-refractivity contribution is 7.89. The zero-order chi connectivity index (χ0) is 26.4. The zero-order valence-electron chi connectivity index (χ0n) is 18.7. The van der Waals surface area contributed by atoms with E-state index in [-0.39, 0.29) is 41.9 Å². The van der Waals surface area contributed by atoms with Crippen molar-refractivity contribution in [3.8, 4) is 11.4 Å². The van der Waals surface area contributed by atoms with Gasteiger partial charge in [0.2, 0.25) is 11.0 Å². The molecule has 1 aliphatic heterocycles. The molecule has 1 saturated heterocycles. The van der Waals surface area contributed by atoms with Gasteiger partial charge in [-0.25, -0.2) is 22.8 Å². The lowest BCUT2D eigenvalue weighted by molar-refractivity contribution is -0.137. The molecule has 1 atom stereocenters. The number of hydrogen-bond acceptors (Lipinski definition) is 7. The van der Waals surface area contributed by atoms with Gasteiger partial charge >= 0.3 is 6.18 Å². The number of nitrogens with one attached hydrogen (secondary N) is 1. The van der Waals surface area contributed by atoms with Gasteiger partial charge in [0, 0.05) is 24.2 Å². The van der Waals surface area contributed by atoms with Crippen molar-refractivity contribution in [2.24, 2.45) is 0 Å². The third-order valence-electron chi connectivity index (χ3n) is 5.81. The summed E-state index contributed by atoms with van der Waals surface area (Å²) in [6, 6.07) is 7.36. The van der Waals surface area contributed by atoms with Crippen LogP contribution >= 0.6 is 0 Å². The smallest absolute Gasteiger partial charge is 0.417 e. The van der Waals surface area contributed by atoms with Gasteiger partial charge in [-0.3, -0.25) is 9.78 Å². The van der Waals surface area contributed by atoms with E-state index in [1.807, 2.05) is 0 Å². The molecule has 1 aliphatic rings. The third kappa shape index (κ3) is 4.89. The van der Waals surface area contributed by atoms with Gasteiger partial charge in [-0.05, 0) is 42.8 Å². The van der Waals surface area contributed by atoms with Gasteiger partial charge in [-0.2, -0.15) is 17.5 Å². The SMILES string of the molecule is O=C(NCc1cc(-c2ccc(C(F)(F)F)cn2)ncn1)[C@@H]1CCN1S(=O)(=O)c1cc2cc(F)ccc2o1. The molecule has 5 rings (SSSR count). The minimum Gasteiger partial charge on any atom is -0.443 e. The normalized spacial score (nSPS) is 16.5. The molecule has 37 heavy (non-hydrogen) atoms. The van der Waals surface area contributed by atoms with Crippen LogP contribution in [0.3, 0.4) is 0 Å². The highest BCUT2D eigenvalue weighted by Gasteiger charge is 2.44. The van der Waals surface area contributed by atoms with Gasteiger partial charge in [-0.1, -0.05) is 0 Å². The number of hydrogen-bond donors (Lipinski definition) is 1. The number of aromatic nitrogens is 3. The van der Waals surface area contributed by atoms with E-state index < -0.39 is 44.6 Å². The molecular weight excluding hydrogens is 518 g/mol. The van der Waals surface area contributed by atoms with Crippen LogP contribution in [0.4, 0.5) is 17.6 Å². The van der Waals surface area contributed by atoms with Crippen molar-refractivity contribution in [2.45, 2.75) is 30.3 Å². The van der Waals surface area contributed by atoms with E-state index in [1.54, 1.807) is 0 Å². The van der Waals surface area contributed by atoms with E-state index in [0.717, 1.165) is 22.5 Å². The van der Waals surface area contributed by atoms with E-state index in [2.05, 4.69) is 20.3 Å². The molecule has 0 spiro atoms. The first-order valence-corrected chi connectivity index (χ1v) is 12.3. The van der Waals surface area contributed by atoms with Gasteiger partial charge in [0.15, 0.2) is 0 Å². The topological polar surface area (TPSA) is 118 Å². The zero-order valence-corrected chi connectivity index (χ0v) is 19.6. The second kappa shape index (κ2) is 9.19. The number of amides is 1. The monoisotopic (exact) mass is 535 g/mol. The number of nitrogens with zero attached hydrogens (tertiary/aromatic N) is 4. The van der Waals surface area contributed by atoms with Crippen LogP contribution in [-0.4, -0.2) is 46.2 Å². The molecule has 1 amide bonds. The van der Waals surface area contributed by atoms with Crippen LogP contribution in [0.15, 0.2) is 64.5 Å². The molecule has 9 nitrogen and oxygen atoms in total. The van der Waals surface area contributed by atoms with Gasteiger partial charge in [0.1, 0.15) is 23.8 Å². The summed E-state index contributed by atoms with van der Waals surface area (Å²) in [5.41, 5.74) is 0.0800. The van der Waals surface area contributed by atoms with E-state index in [9.17, 15) is 30.8 Å². The molecule has 3 aromatic heterocycles. The fraction of sp³-hybridized carbons (Fsp3) is 0.217. The predicted molar refractivity (Wildman–Crippen MR) is 121 cm³/mol. The average molecular weight is 535 g/mol. The first-order valence-electron chi connectivity index (χ1n) is 10.9. The Balaban J connectivity index is 1.25. The van der Waals surface area contributed by atoms with E-state index in [1.165, 1.54) is 30.6 Å². The Kier molecular flexibility index (Phi) is 6.15. The molecule has 0 saturated carbocycles. The highest BCUT2D eigenvalue weighted by Crippen LogP contribution is 2.32. The molecule has 192 valence electrons. The first kappa shape index (κ1) is 24.8. The lowest BCUT2D eigenvalue weighted by atomic mass is 10.1. The van der Waals surface area contributed by atoms with Crippen molar-refractivity contribution in [2.75, 3.05) is 6.54 Å². The van der Waals surface area contributed by atoms with Crippen LogP contribution in [0, 0.1) is 5.82 Å². The first-order chi connectivity index (χ1) is 17.5. The summed E-state index contributed by atoms with van der Waals surface area (Å²) in [6.07, 6.45) is -2.36. The Hall–Kier alpha value is -3.91. The summed E-state index contributed by atoms with van der Waals surface area (Å²) in [5.74, 6) is -1.11. The number of sulfonamides is 1. The number of benzene rings is 1. The molecule has 1 fully saturated rings. The summed E-state index contributed by atoms with van der Waals surface area (Å²) in [7, 11) is -4.14. The maximum absolute atomic E-state index is 13.4. The van der Waals surface area contributed by atoms with Crippen molar-refractivity contribution in [1.82, 2.24) is 24.6 Å². The minimum atomic E-state index is -4.52. The minimum absolute atomic E-state index is 0.0801. The third-order valence-corrected chi connectivity index (χ3v) is 7.58. The standard InChI is InChI=1S/C23H17F4N5O4S/c24-15-2-4-20-13(7-15)8-21(36-20)37(34,35)32-6-5-19(32)22(33)29-11-16-9-18(31-12-30-16)17-3-1-14(10-28-17)23(25,26)27/h1-4,7-10,12,19H,5-6,11H2,(H,29,33)/t19-/m0/s1. The summed E-state index contributed by atoms with van der Waals surface area (Å²) >= 11 is 0. The van der Waals surface area contributed by atoms with Crippen molar-refractivity contribution < 1.29 is 35.2 Å². The number of carbonyl (C=O) groups is 1. The summed E-state index contributed by atoms with van der Waals surface area (Å²) < 4.78 is 84.1. The molecule has 14 heteroatoms. The highest BCUT2D eigenvalue weighted by atomic mass is 32.2. The second-order valence-electron chi connectivity index (χ2n) is 8.21. The van der Waals surface area contributed by atoms with Crippen molar-refractivity contribution in [3.05, 3.63) is 72.1 Å². The number of pyridine rings is 1. The maximum Gasteiger partial charge on any atom is 0.417 e. The second-order valence-corrected chi connectivity index (χ2v) is 10.0. The van der Waals surface area contributed by atoms with Crippen LogP contribution in [-0.2, 0) is 27.5 Å². The molecular formula is C23H17F4N5O4S. The predicted octanol–water partition coefficient (Wildman–Crippen LogP) is 3.52. The largest absolute Gasteiger partial charge is 0.443 e.